The van der Waals surface area contributed by atoms with Crippen LogP contribution in [0.3, 0.4) is 0 Å². The number of carboxylic acid groups (broad SMARTS) is 3. The van der Waals surface area contributed by atoms with Crippen LogP contribution in [0.25, 0.3) is 0 Å². The fraction of sp³-hybridized carbons (Fsp3) is 0.958. The van der Waals surface area contributed by atoms with Gasteiger partial charge in [-0.3, -0.25) is 0 Å². The van der Waals surface area contributed by atoms with Crippen molar-refractivity contribution < 1.29 is 29.7 Å². The molecule has 0 unspecified atom stereocenters. The monoisotopic (exact) mass is 1130 g/mol. The number of carbonyl (C=O) groups is 3. The highest BCUT2D eigenvalue weighted by Gasteiger charge is 2.00. The summed E-state index contributed by atoms with van der Waals surface area (Å²) in [7, 11) is 0. The smallest absolute Gasteiger partial charge is 0.0414 e. The number of carbonyl (C=O) groups excluding carboxylic acids is 3. The minimum Gasteiger partial charge on any atom is -0.550 e. The van der Waals surface area contributed by atoms with E-state index < -0.39 is 17.9 Å². The zero-order chi connectivity index (χ0) is 57.4. The second kappa shape index (κ2) is 81.2. The molecule has 0 bridgehead atoms. The van der Waals surface area contributed by atoms with E-state index in [2.05, 4.69) is 20.8 Å². The molecule has 0 aromatic heterocycles. The number of hydrogen-bond acceptors (Lipinski definition) is 6. The second-order valence-corrected chi connectivity index (χ2v) is 24.6. The first-order chi connectivity index (χ1) is 38.3. The molecule has 79 heavy (non-hydrogen) atoms. The van der Waals surface area contributed by atoms with Crippen molar-refractivity contribution >= 4 is 35.3 Å². The van der Waals surface area contributed by atoms with Crippen LogP contribution in [-0.4, -0.2) is 35.3 Å². The topological polar surface area (TPSA) is 120 Å². The van der Waals surface area contributed by atoms with Crippen LogP contribution in [0.4, 0.5) is 0 Å². The van der Waals surface area contributed by atoms with Crippen LogP contribution < -0.4 is 15.3 Å². The SMILES string of the molecule is CCCCCCCCCCCCCCCCCCCCCCCC(=O)[O-].CCCCCCCCCCCCCCCCCCCCCCCC(=O)[O-].CCCCCCCCCCCCCCCCCCCCCCCC(=O)[O-].[Al]. The normalized spacial score (nSPS) is 11.0. The molecule has 0 atom stereocenters. The molecule has 3 radical (unpaired) electrons. The maximum absolute atomic E-state index is 10.3. The highest BCUT2D eigenvalue weighted by molar-refractivity contribution is 5.75. The average Bonchev–Trinajstić information content (AvgIpc) is 3.42. The Morgan fingerprint density at radius 1 is 0.165 bits per heavy atom. The molecule has 0 amide bonds. The van der Waals surface area contributed by atoms with Gasteiger partial charge in [0, 0.05) is 35.3 Å². The molecule has 0 saturated heterocycles. The fourth-order valence-corrected chi connectivity index (χ4v) is 11.1. The van der Waals surface area contributed by atoms with Crippen LogP contribution in [0.15, 0.2) is 0 Å². The van der Waals surface area contributed by atoms with Crippen molar-refractivity contribution in [1.29, 1.82) is 0 Å². The second-order valence-electron chi connectivity index (χ2n) is 24.6. The fourth-order valence-electron chi connectivity index (χ4n) is 11.1. The Hall–Kier alpha value is -1.06. The summed E-state index contributed by atoms with van der Waals surface area (Å²) in [6.45, 7) is 6.86. The van der Waals surface area contributed by atoms with E-state index in [1.165, 1.54) is 366 Å². The van der Waals surface area contributed by atoms with E-state index in [0.29, 0.717) is 0 Å². The Labute approximate surface area is 506 Å². The van der Waals surface area contributed by atoms with E-state index in [-0.39, 0.29) is 36.6 Å². The van der Waals surface area contributed by atoms with Gasteiger partial charge in [0.2, 0.25) is 0 Å². The van der Waals surface area contributed by atoms with E-state index >= 15 is 0 Å². The van der Waals surface area contributed by atoms with Gasteiger partial charge in [-0.25, -0.2) is 0 Å². The minimum absolute atomic E-state index is 0. The van der Waals surface area contributed by atoms with Gasteiger partial charge in [-0.05, 0) is 38.5 Å². The van der Waals surface area contributed by atoms with Crippen molar-refractivity contribution in [2.45, 2.75) is 445 Å². The third-order valence-electron chi connectivity index (χ3n) is 16.5. The molecule has 6 nitrogen and oxygen atoms in total. The van der Waals surface area contributed by atoms with Crippen LogP contribution in [0.2, 0.25) is 0 Å². The summed E-state index contributed by atoms with van der Waals surface area (Å²) >= 11 is 0. The van der Waals surface area contributed by atoms with Crippen LogP contribution in [0.5, 0.6) is 0 Å². The first-order valence-electron chi connectivity index (χ1n) is 35.9. The first kappa shape index (κ1) is 84.4. The summed E-state index contributed by atoms with van der Waals surface area (Å²) < 4.78 is 0. The van der Waals surface area contributed by atoms with E-state index in [4.69, 9.17) is 0 Å². The molecule has 0 heterocycles. The highest BCUT2D eigenvalue weighted by atomic mass is 27.0. The van der Waals surface area contributed by atoms with Gasteiger partial charge in [0.1, 0.15) is 0 Å². The maximum Gasteiger partial charge on any atom is 0.0414 e. The molecule has 0 aliphatic carbocycles. The molecule has 0 aromatic carbocycles. The van der Waals surface area contributed by atoms with Crippen LogP contribution in [0, 0.1) is 0 Å². The molecular weight excluding hydrogens is 988 g/mol. The van der Waals surface area contributed by atoms with Crippen LogP contribution >= 0.6 is 0 Å². The summed E-state index contributed by atoms with van der Waals surface area (Å²) in [6.07, 6.45) is 86.1. The Kier molecular flexibility index (Phi) is 86.7. The summed E-state index contributed by atoms with van der Waals surface area (Å²) in [5, 5.41) is 30.9. The molecule has 0 N–H and O–H groups in total. The summed E-state index contributed by atoms with van der Waals surface area (Å²) in [5.74, 6) is -2.70. The van der Waals surface area contributed by atoms with E-state index in [9.17, 15) is 29.7 Å². The standard InChI is InChI=1S/3C24H48O2.Al/c3*1-2-3-4-5-6-7-8-9-10-11-12-13-14-15-16-17-18-19-20-21-22-23-24(25)26;/h3*2-23H2,1H3,(H,25,26);/p-3. The molecular formula is C72H141AlO6-3. The summed E-state index contributed by atoms with van der Waals surface area (Å²) in [5.41, 5.74) is 0. The molecule has 0 aromatic rings. The number of aliphatic carboxylic acids is 3. The molecule has 0 rings (SSSR count). The van der Waals surface area contributed by atoms with Gasteiger partial charge in [-0.1, -0.05) is 406 Å². The average molecular weight is 1130 g/mol. The third kappa shape index (κ3) is 93.6. The maximum atomic E-state index is 10.3. The van der Waals surface area contributed by atoms with Gasteiger partial charge >= 0.3 is 0 Å². The van der Waals surface area contributed by atoms with Gasteiger partial charge in [0.05, 0.1) is 0 Å². The van der Waals surface area contributed by atoms with Crippen LogP contribution in [-0.2, 0) is 14.4 Å². The minimum atomic E-state index is -0.900. The quantitative estimate of drug-likeness (QED) is 0.0442. The lowest BCUT2D eigenvalue weighted by Gasteiger charge is -2.04. The van der Waals surface area contributed by atoms with E-state index in [1.807, 2.05) is 0 Å². The number of carboxylic acids is 3. The molecule has 7 heteroatoms. The lowest BCUT2D eigenvalue weighted by Crippen LogP contribution is -2.21. The van der Waals surface area contributed by atoms with Gasteiger partial charge in [-0.2, -0.15) is 0 Å². The zero-order valence-electron chi connectivity index (χ0n) is 54.2. The van der Waals surface area contributed by atoms with Gasteiger partial charge in [0.25, 0.3) is 0 Å². The van der Waals surface area contributed by atoms with Gasteiger partial charge in [0.15, 0.2) is 0 Å². The Balaban J connectivity index is -0.000000531. The number of unbranched alkanes of at least 4 members (excludes halogenated alkanes) is 60. The third-order valence-corrected chi connectivity index (χ3v) is 16.5. The van der Waals surface area contributed by atoms with Crippen molar-refractivity contribution in [2.75, 3.05) is 0 Å². The molecule has 0 fully saturated rings. The van der Waals surface area contributed by atoms with Crippen molar-refractivity contribution in [3.63, 3.8) is 0 Å². The van der Waals surface area contributed by atoms with Gasteiger partial charge in [-0.15, -0.1) is 0 Å². The van der Waals surface area contributed by atoms with Crippen molar-refractivity contribution in [1.82, 2.24) is 0 Å². The zero-order valence-corrected chi connectivity index (χ0v) is 55.4. The highest BCUT2D eigenvalue weighted by Crippen LogP contribution is 2.19. The Morgan fingerprint density at radius 3 is 0.316 bits per heavy atom. The number of rotatable bonds is 66. The van der Waals surface area contributed by atoms with Crippen LogP contribution in [0.1, 0.15) is 445 Å². The molecule has 0 aliphatic rings. The Morgan fingerprint density at radius 2 is 0.241 bits per heavy atom. The van der Waals surface area contributed by atoms with Crippen molar-refractivity contribution in [3.8, 4) is 0 Å². The lowest BCUT2D eigenvalue weighted by atomic mass is 10.0. The largest absolute Gasteiger partial charge is 0.550 e. The summed E-state index contributed by atoms with van der Waals surface area (Å²) in [4.78, 5) is 30.9. The number of hydrogen-bond donors (Lipinski definition) is 0. The summed E-state index contributed by atoms with van der Waals surface area (Å²) in [6, 6.07) is 0. The predicted octanol–water partition coefficient (Wildman–Crippen LogP) is 21.6. The molecule has 0 saturated carbocycles. The molecule has 0 aliphatic heterocycles. The van der Waals surface area contributed by atoms with Crippen molar-refractivity contribution in [3.05, 3.63) is 0 Å². The molecule has 0 spiro atoms. The van der Waals surface area contributed by atoms with E-state index in [1.54, 1.807) is 0 Å². The van der Waals surface area contributed by atoms with E-state index in [0.717, 1.165) is 38.5 Å². The Bertz CT molecular complexity index is 967. The molecule has 471 valence electrons. The lowest BCUT2D eigenvalue weighted by molar-refractivity contribution is -0.307. The van der Waals surface area contributed by atoms with Gasteiger partial charge < -0.3 is 29.7 Å². The predicted molar refractivity (Wildman–Crippen MR) is 343 cm³/mol. The first-order valence-corrected chi connectivity index (χ1v) is 35.9. The van der Waals surface area contributed by atoms with Crippen molar-refractivity contribution in [2.24, 2.45) is 0 Å².